The van der Waals surface area contributed by atoms with E-state index in [0.29, 0.717) is 0 Å². The van der Waals surface area contributed by atoms with Crippen molar-refractivity contribution in [1.82, 2.24) is 4.98 Å². The number of oxazole rings is 1. The van der Waals surface area contributed by atoms with Crippen molar-refractivity contribution in [2.24, 2.45) is 0 Å². The highest BCUT2D eigenvalue weighted by Gasteiger charge is 2.13. The van der Waals surface area contributed by atoms with Crippen LogP contribution in [0.15, 0.2) is 33.3 Å². The van der Waals surface area contributed by atoms with E-state index >= 15 is 0 Å². The minimum Gasteiger partial charge on any atom is -0.442 e. The molecule has 0 saturated heterocycles. The van der Waals surface area contributed by atoms with E-state index in [-0.39, 0.29) is 0 Å². The van der Waals surface area contributed by atoms with Crippen molar-refractivity contribution in [1.29, 1.82) is 0 Å². The molecule has 0 radical (unpaired) electrons. The molecule has 0 amide bonds. The number of hydrogen-bond donors (Lipinski definition) is 1. The van der Waals surface area contributed by atoms with Crippen molar-refractivity contribution in [2.45, 2.75) is 13.3 Å². The summed E-state index contributed by atoms with van der Waals surface area (Å²) in [5, 5.41) is 3.42. The van der Waals surface area contributed by atoms with Crippen LogP contribution in [-0.2, 0) is 0 Å². The highest BCUT2D eigenvalue weighted by molar-refractivity contribution is 9.10. The number of rotatable bonds is 1. The first kappa shape index (κ1) is 11.5. The summed E-state index contributed by atoms with van der Waals surface area (Å²) in [4.78, 5) is 4.30. The van der Waals surface area contributed by atoms with E-state index in [1.54, 1.807) is 6.20 Å². The molecule has 3 nitrogen and oxygen atoms in total. The van der Waals surface area contributed by atoms with Crippen molar-refractivity contribution >= 4 is 33.3 Å². The first-order valence-corrected chi connectivity index (χ1v) is 6.68. The third-order valence-corrected chi connectivity index (χ3v) is 3.44. The number of halogens is 1. The fourth-order valence-electron chi connectivity index (χ4n) is 2.07. The van der Waals surface area contributed by atoms with Crippen LogP contribution >= 0.6 is 15.9 Å². The summed E-state index contributed by atoms with van der Waals surface area (Å²) in [6.07, 6.45) is 4.82. The lowest BCUT2D eigenvalue weighted by Gasteiger charge is -2.06. The Bertz CT molecular complexity index is 616. The van der Waals surface area contributed by atoms with Gasteiger partial charge < -0.3 is 9.73 Å². The van der Waals surface area contributed by atoms with E-state index in [2.05, 4.69) is 44.4 Å². The number of aryl methyl sites for hydroxylation is 1. The fraction of sp³-hybridized carbons (Fsp3) is 0.214. The number of benzene rings is 1. The normalized spacial score (nSPS) is 14.4. The Kier molecular flexibility index (Phi) is 2.96. The number of nitrogens with one attached hydrogen (secondary N) is 1. The summed E-state index contributed by atoms with van der Waals surface area (Å²) in [5.74, 6) is 1.57. The van der Waals surface area contributed by atoms with Crippen LogP contribution in [0.3, 0.4) is 0 Å². The quantitative estimate of drug-likeness (QED) is 0.862. The average molecular weight is 305 g/mol. The van der Waals surface area contributed by atoms with Gasteiger partial charge in [-0.25, -0.2) is 4.98 Å². The summed E-state index contributed by atoms with van der Waals surface area (Å²) in [6, 6.07) is 6.23. The van der Waals surface area contributed by atoms with Gasteiger partial charge in [-0.1, -0.05) is 22.0 Å². The Morgan fingerprint density at radius 1 is 1.39 bits per heavy atom. The second kappa shape index (κ2) is 4.61. The lowest BCUT2D eigenvalue weighted by molar-refractivity contribution is 0.511. The monoisotopic (exact) mass is 304 g/mol. The zero-order valence-electron chi connectivity index (χ0n) is 10.0. The van der Waals surface area contributed by atoms with Gasteiger partial charge in [0, 0.05) is 22.3 Å². The topological polar surface area (TPSA) is 38.1 Å². The summed E-state index contributed by atoms with van der Waals surface area (Å²) in [5.41, 5.74) is 3.45. The van der Waals surface area contributed by atoms with Crippen molar-refractivity contribution in [3.8, 4) is 0 Å². The smallest absolute Gasteiger partial charge is 0.222 e. The maximum atomic E-state index is 5.60. The van der Waals surface area contributed by atoms with Gasteiger partial charge in [0.1, 0.15) is 5.76 Å². The number of aromatic nitrogens is 1. The molecule has 1 N–H and O–H groups in total. The van der Waals surface area contributed by atoms with E-state index in [4.69, 9.17) is 4.42 Å². The van der Waals surface area contributed by atoms with Crippen LogP contribution in [0.25, 0.3) is 11.6 Å². The molecule has 2 heterocycles. The third-order valence-electron chi connectivity index (χ3n) is 2.95. The van der Waals surface area contributed by atoms with Crippen molar-refractivity contribution in [2.75, 3.05) is 11.9 Å². The van der Waals surface area contributed by atoms with Crippen LogP contribution in [0.1, 0.15) is 23.6 Å². The maximum absolute atomic E-state index is 5.60. The zero-order valence-corrected chi connectivity index (χ0v) is 11.6. The standard InChI is InChI=1S/C14H13BrN2O/c1-9-8-17-14(18-9)11-4-5-16-13-7-12(15)3-2-10(13)6-11/h2-3,6-8,16H,4-5H2,1H3. The van der Waals surface area contributed by atoms with Crippen LogP contribution in [0, 0.1) is 6.92 Å². The molecular formula is C14H13BrN2O. The molecule has 1 aromatic carbocycles. The third kappa shape index (κ3) is 2.20. The molecule has 0 unspecified atom stereocenters. The highest BCUT2D eigenvalue weighted by atomic mass is 79.9. The molecule has 0 fully saturated rings. The van der Waals surface area contributed by atoms with Gasteiger partial charge in [0.05, 0.1) is 6.20 Å². The van der Waals surface area contributed by atoms with Gasteiger partial charge in [0.2, 0.25) is 5.89 Å². The largest absolute Gasteiger partial charge is 0.442 e. The minimum absolute atomic E-state index is 0.727. The molecule has 0 saturated carbocycles. The number of anilines is 1. The predicted molar refractivity (Wildman–Crippen MR) is 76.4 cm³/mol. The van der Waals surface area contributed by atoms with Crippen molar-refractivity contribution in [3.05, 3.63) is 46.1 Å². The molecule has 92 valence electrons. The molecular weight excluding hydrogens is 292 g/mol. The van der Waals surface area contributed by atoms with Gasteiger partial charge >= 0.3 is 0 Å². The molecule has 0 aliphatic carbocycles. The second-order valence-electron chi connectivity index (χ2n) is 4.35. The molecule has 3 rings (SSSR count). The van der Waals surface area contributed by atoms with Gasteiger partial charge in [0.15, 0.2) is 0 Å². The molecule has 4 heteroatoms. The van der Waals surface area contributed by atoms with E-state index < -0.39 is 0 Å². The first-order valence-electron chi connectivity index (χ1n) is 5.89. The predicted octanol–water partition coefficient (Wildman–Crippen LogP) is 4.10. The van der Waals surface area contributed by atoms with Crippen LogP contribution < -0.4 is 5.32 Å². The molecule has 18 heavy (non-hydrogen) atoms. The Morgan fingerprint density at radius 2 is 2.28 bits per heavy atom. The number of nitrogens with zero attached hydrogens (tertiary/aromatic N) is 1. The zero-order chi connectivity index (χ0) is 12.5. The molecule has 0 bridgehead atoms. The van der Waals surface area contributed by atoms with E-state index in [1.807, 2.05) is 13.0 Å². The summed E-state index contributed by atoms with van der Waals surface area (Å²) in [6.45, 7) is 2.80. The molecule has 1 aliphatic heterocycles. The molecule has 0 spiro atoms. The maximum Gasteiger partial charge on any atom is 0.222 e. The second-order valence-corrected chi connectivity index (χ2v) is 5.27. The SMILES string of the molecule is Cc1cnc(C2=Cc3ccc(Br)cc3NCC2)o1. The Labute approximate surface area is 114 Å². The fourth-order valence-corrected chi connectivity index (χ4v) is 2.43. The van der Waals surface area contributed by atoms with Gasteiger partial charge in [-0.15, -0.1) is 0 Å². The van der Waals surface area contributed by atoms with Gasteiger partial charge in [-0.05, 0) is 37.1 Å². The van der Waals surface area contributed by atoms with Crippen LogP contribution in [-0.4, -0.2) is 11.5 Å². The number of hydrogen-bond acceptors (Lipinski definition) is 3. The number of fused-ring (bicyclic) bond motifs is 1. The lowest BCUT2D eigenvalue weighted by atomic mass is 10.1. The summed E-state index contributed by atoms with van der Waals surface area (Å²) < 4.78 is 6.68. The highest BCUT2D eigenvalue weighted by Crippen LogP contribution is 2.30. The Hall–Kier alpha value is -1.55. The minimum atomic E-state index is 0.727. The molecule has 0 atom stereocenters. The summed E-state index contributed by atoms with van der Waals surface area (Å²) >= 11 is 3.49. The van der Waals surface area contributed by atoms with Gasteiger partial charge in [-0.3, -0.25) is 0 Å². The van der Waals surface area contributed by atoms with Crippen LogP contribution in [0.2, 0.25) is 0 Å². The lowest BCUT2D eigenvalue weighted by Crippen LogP contribution is -2.00. The Balaban J connectivity index is 2.04. The van der Waals surface area contributed by atoms with E-state index in [9.17, 15) is 0 Å². The molecule has 1 aromatic heterocycles. The van der Waals surface area contributed by atoms with Gasteiger partial charge in [0.25, 0.3) is 0 Å². The first-order chi connectivity index (χ1) is 8.72. The summed E-state index contributed by atoms with van der Waals surface area (Å²) in [7, 11) is 0. The van der Waals surface area contributed by atoms with E-state index in [1.165, 1.54) is 5.56 Å². The van der Waals surface area contributed by atoms with Crippen molar-refractivity contribution < 1.29 is 4.42 Å². The van der Waals surface area contributed by atoms with Crippen LogP contribution in [0.5, 0.6) is 0 Å². The van der Waals surface area contributed by atoms with Gasteiger partial charge in [-0.2, -0.15) is 0 Å². The molecule has 2 aromatic rings. The van der Waals surface area contributed by atoms with Crippen LogP contribution in [0.4, 0.5) is 5.69 Å². The average Bonchev–Trinajstić information content (AvgIpc) is 2.67. The molecule has 1 aliphatic rings. The Morgan fingerprint density at radius 3 is 3.06 bits per heavy atom. The van der Waals surface area contributed by atoms with E-state index in [0.717, 1.165) is 40.3 Å². The van der Waals surface area contributed by atoms with Crippen molar-refractivity contribution in [3.63, 3.8) is 0 Å².